The first-order valence-electron chi connectivity index (χ1n) is 9.15. The summed E-state index contributed by atoms with van der Waals surface area (Å²) >= 11 is 0. The van der Waals surface area contributed by atoms with E-state index in [2.05, 4.69) is 5.16 Å². The molecule has 0 bridgehead atoms. The highest BCUT2D eigenvalue weighted by molar-refractivity contribution is 6.01. The van der Waals surface area contributed by atoms with Crippen molar-refractivity contribution in [2.45, 2.75) is 0 Å². The molecular formula is C24H19NO4. The third kappa shape index (κ3) is 4.04. The number of fused-ring (bicyclic) bond motifs is 1. The number of benzene rings is 3. The van der Waals surface area contributed by atoms with Crippen LogP contribution in [-0.2, 0) is 4.84 Å². The average Bonchev–Trinajstić information content (AvgIpc) is 2.78. The van der Waals surface area contributed by atoms with Crippen LogP contribution >= 0.6 is 0 Å². The Balaban J connectivity index is 1.60. The van der Waals surface area contributed by atoms with Gasteiger partial charge in [-0.1, -0.05) is 65.8 Å². The zero-order chi connectivity index (χ0) is 20.1. The fraction of sp³-hybridized carbons (Fsp3) is 0.0833. The molecule has 5 nitrogen and oxygen atoms in total. The molecule has 4 rings (SSSR count). The van der Waals surface area contributed by atoms with Gasteiger partial charge in [0, 0.05) is 11.6 Å². The molecule has 1 heterocycles. The van der Waals surface area contributed by atoms with Gasteiger partial charge in [0.25, 0.3) is 0 Å². The summed E-state index contributed by atoms with van der Waals surface area (Å²) in [6.45, 7) is 0.218. The Morgan fingerprint density at radius 1 is 0.966 bits per heavy atom. The summed E-state index contributed by atoms with van der Waals surface area (Å²) in [5, 5.41) is 4.56. The summed E-state index contributed by atoms with van der Waals surface area (Å²) in [5.41, 5.74) is 3.33. The molecule has 0 aliphatic carbocycles. The molecule has 0 amide bonds. The smallest absolute Gasteiger partial charge is 0.200 e. The second-order valence-electron chi connectivity index (χ2n) is 6.38. The molecule has 144 valence electrons. The number of rotatable bonds is 6. The van der Waals surface area contributed by atoms with Crippen molar-refractivity contribution in [1.82, 2.24) is 0 Å². The molecule has 5 heteroatoms. The van der Waals surface area contributed by atoms with Crippen molar-refractivity contribution in [3.63, 3.8) is 0 Å². The molecule has 0 atom stereocenters. The van der Waals surface area contributed by atoms with Crippen molar-refractivity contribution in [2.24, 2.45) is 5.16 Å². The van der Waals surface area contributed by atoms with Gasteiger partial charge in [0.15, 0.2) is 5.43 Å². The summed E-state index contributed by atoms with van der Waals surface area (Å²) in [6.07, 6.45) is 1.49. The van der Waals surface area contributed by atoms with Gasteiger partial charge in [0.05, 0.1) is 10.9 Å². The Morgan fingerprint density at radius 3 is 2.41 bits per heavy atom. The zero-order valence-electron chi connectivity index (χ0n) is 15.9. The molecule has 0 aliphatic rings. The minimum absolute atomic E-state index is 0.0741. The standard InChI is InChI=1S/C24H19NO4/c1-27-25-22(18-10-6-3-7-11-18)16-28-19-12-13-20-23(14-19)29-15-21(24(20)26)17-8-4-2-5-9-17/h2-15H,16H2,1H3/b25-22-. The van der Waals surface area contributed by atoms with Crippen molar-refractivity contribution in [3.8, 4) is 16.9 Å². The lowest BCUT2D eigenvalue weighted by Gasteiger charge is -2.09. The fourth-order valence-electron chi connectivity index (χ4n) is 3.07. The minimum atomic E-state index is -0.0741. The Hall–Kier alpha value is -3.86. The third-order valence-electron chi connectivity index (χ3n) is 4.51. The van der Waals surface area contributed by atoms with E-state index >= 15 is 0 Å². The maximum atomic E-state index is 12.8. The van der Waals surface area contributed by atoms with Crippen LogP contribution in [0.5, 0.6) is 5.75 Å². The number of oxime groups is 1. The second-order valence-corrected chi connectivity index (χ2v) is 6.38. The lowest BCUT2D eigenvalue weighted by Crippen LogP contribution is -2.13. The molecule has 0 fully saturated rings. The Morgan fingerprint density at radius 2 is 1.69 bits per heavy atom. The van der Waals surface area contributed by atoms with E-state index in [-0.39, 0.29) is 12.0 Å². The first-order chi connectivity index (χ1) is 14.3. The highest BCUT2D eigenvalue weighted by Gasteiger charge is 2.11. The van der Waals surface area contributed by atoms with Crippen LogP contribution < -0.4 is 10.2 Å². The molecule has 29 heavy (non-hydrogen) atoms. The van der Waals surface area contributed by atoms with Crippen molar-refractivity contribution < 1.29 is 14.0 Å². The average molecular weight is 385 g/mol. The van der Waals surface area contributed by atoms with E-state index < -0.39 is 0 Å². The maximum Gasteiger partial charge on any atom is 0.200 e. The highest BCUT2D eigenvalue weighted by atomic mass is 16.6. The van der Waals surface area contributed by atoms with Crippen LogP contribution in [0.4, 0.5) is 0 Å². The van der Waals surface area contributed by atoms with Gasteiger partial charge in [-0.15, -0.1) is 0 Å². The topological polar surface area (TPSA) is 61.0 Å². The van der Waals surface area contributed by atoms with Gasteiger partial charge >= 0.3 is 0 Å². The van der Waals surface area contributed by atoms with E-state index in [0.29, 0.717) is 28.0 Å². The van der Waals surface area contributed by atoms with Crippen LogP contribution in [0.2, 0.25) is 0 Å². The highest BCUT2D eigenvalue weighted by Crippen LogP contribution is 2.23. The van der Waals surface area contributed by atoms with Gasteiger partial charge < -0.3 is 14.0 Å². The van der Waals surface area contributed by atoms with Crippen molar-refractivity contribution >= 4 is 16.7 Å². The molecule has 0 saturated heterocycles. The van der Waals surface area contributed by atoms with E-state index in [1.165, 1.54) is 13.4 Å². The van der Waals surface area contributed by atoms with Crippen LogP contribution in [0.25, 0.3) is 22.1 Å². The van der Waals surface area contributed by atoms with Gasteiger partial charge in [-0.2, -0.15) is 0 Å². The van der Waals surface area contributed by atoms with Crippen LogP contribution in [0.15, 0.2) is 99.5 Å². The van der Waals surface area contributed by atoms with E-state index in [9.17, 15) is 4.79 Å². The molecule has 3 aromatic carbocycles. The SMILES string of the molecule is CO/N=C(/COc1ccc2c(=O)c(-c3ccccc3)coc2c1)c1ccccc1. The monoisotopic (exact) mass is 385 g/mol. The Bertz CT molecular complexity index is 1200. The van der Waals surface area contributed by atoms with Gasteiger partial charge in [-0.25, -0.2) is 0 Å². The second kappa shape index (κ2) is 8.44. The number of ether oxygens (including phenoxy) is 1. The lowest BCUT2D eigenvalue weighted by atomic mass is 10.1. The Kier molecular flexibility index (Phi) is 5.38. The van der Waals surface area contributed by atoms with Crippen molar-refractivity contribution in [1.29, 1.82) is 0 Å². The number of nitrogens with zero attached hydrogens (tertiary/aromatic N) is 1. The van der Waals surface area contributed by atoms with E-state index in [1.807, 2.05) is 60.7 Å². The number of hydrogen-bond acceptors (Lipinski definition) is 5. The summed E-state index contributed by atoms with van der Waals surface area (Å²) < 4.78 is 11.6. The molecular weight excluding hydrogens is 366 g/mol. The predicted octanol–water partition coefficient (Wildman–Crippen LogP) is 4.89. The molecule has 0 unspecified atom stereocenters. The summed E-state index contributed by atoms with van der Waals surface area (Å²) in [6, 6.07) is 24.3. The van der Waals surface area contributed by atoms with E-state index in [0.717, 1.165) is 11.1 Å². The van der Waals surface area contributed by atoms with Gasteiger partial charge in [0.2, 0.25) is 0 Å². The molecule has 0 aliphatic heterocycles. The summed E-state index contributed by atoms with van der Waals surface area (Å²) in [5.74, 6) is 0.577. The van der Waals surface area contributed by atoms with E-state index in [1.54, 1.807) is 18.2 Å². The molecule has 0 N–H and O–H groups in total. The third-order valence-corrected chi connectivity index (χ3v) is 4.51. The summed E-state index contributed by atoms with van der Waals surface area (Å²) in [4.78, 5) is 17.8. The van der Waals surface area contributed by atoms with E-state index in [4.69, 9.17) is 14.0 Å². The zero-order valence-corrected chi connectivity index (χ0v) is 15.9. The van der Waals surface area contributed by atoms with Crippen molar-refractivity contribution in [3.05, 3.63) is 101 Å². The minimum Gasteiger partial charge on any atom is -0.487 e. The van der Waals surface area contributed by atoms with Crippen LogP contribution in [0, 0.1) is 0 Å². The first-order valence-corrected chi connectivity index (χ1v) is 9.15. The van der Waals surface area contributed by atoms with Gasteiger partial charge in [-0.3, -0.25) is 4.79 Å². The molecule has 1 aromatic heterocycles. The first kappa shape index (κ1) is 18.5. The maximum absolute atomic E-state index is 12.8. The van der Waals surface area contributed by atoms with Crippen molar-refractivity contribution in [2.75, 3.05) is 13.7 Å². The normalized spacial score (nSPS) is 11.4. The summed E-state index contributed by atoms with van der Waals surface area (Å²) in [7, 11) is 1.50. The molecule has 4 aromatic rings. The van der Waals surface area contributed by atoms with Crippen LogP contribution in [-0.4, -0.2) is 19.4 Å². The quantitative estimate of drug-likeness (QED) is 0.350. The van der Waals surface area contributed by atoms with Gasteiger partial charge in [0.1, 0.15) is 37.0 Å². The van der Waals surface area contributed by atoms with Gasteiger partial charge in [-0.05, 0) is 17.7 Å². The molecule has 0 saturated carbocycles. The molecule has 0 spiro atoms. The number of hydrogen-bond donors (Lipinski definition) is 0. The molecule has 0 radical (unpaired) electrons. The Labute approximate surface area is 167 Å². The van der Waals surface area contributed by atoms with Crippen LogP contribution in [0.3, 0.4) is 0 Å². The largest absolute Gasteiger partial charge is 0.487 e. The predicted molar refractivity (Wildman–Crippen MR) is 113 cm³/mol. The fourth-order valence-corrected chi connectivity index (χ4v) is 3.07. The lowest BCUT2D eigenvalue weighted by molar-refractivity contribution is 0.210. The van der Waals surface area contributed by atoms with Crippen LogP contribution in [0.1, 0.15) is 5.56 Å².